The molecular formula is C115H152N2O6. The summed E-state index contributed by atoms with van der Waals surface area (Å²) in [5, 5.41) is 75.2. The topological polar surface area (TPSA) is 128 Å². The first kappa shape index (κ1) is 94.3. The predicted octanol–water partition coefficient (Wildman–Crippen LogP) is 29.6. The Morgan fingerprint density at radius 1 is 0.268 bits per heavy atom. The zero-order valence-corrected chi connectivity index (χ0v) is 82.2. The summed E-state index contributed by atoms with van der Waals surface area (Å²) >= 11 is 0. The SMILES string of the molecule is Cc1c2ccc(c1Cc1cc(C(C)(C)C)c(O)c(C(C)(C)C)c1)N(c1ccc(Cc3cc(C(C)(C)C)c(O)c(C(C)(C)C)c3)cc1)CN(c1ccc(Cc3cc(C(C)(C)C)c(O)c(C(C)(C)C)c3)cc1Cc1cc(C(C)(C)C)c(O)c(C(C)(C)C)c1)c1ccc(cc1)Cc1cc(C(C)(C)C)c(O)c(c1)C(C)(C)CC(C)(C)c1cc(cc(C(C)(C)C)c1O)C2. The summed E-state index contributed by atoms with van der Waals surface area (Å²) in [5.41, 5.74) is 24.5. The minimum atomic E-state index is -0.593. The number of aromatic hydroxyl groups is 6. The van der Waals surface area contributed by atoms with E-state index in [0.717, 1.165) is 162 Å². The maximum Gasteiger partial charge on any atom is 0.123 e. The van der Waals surface area contributed by atoms with E-state index in [9.17, 15) is 30.6 Å². The molecule has 4 aliphatic rings. The maximum atomic E-state index is 13.0. The van der Waals surface area contributed by atoms with E-state index in [0.29, 0.717) is 86.1 Å². The number of anilines is 4. The molecule has 123 heavy (non-hydrogen) atoms. The van der Waals surface area contributed by atoms with Crippen LogP contribution in [0.25, 0.3) is 0 Å². The minimum Gasteiger partial charge on any atom is -0.507 e. The minimum absolute atomic E-state index is 0.310. The van der Waals surface area contributed by atoms with Crippen LogP contribution < -0.4 is 9.80 Å². The zero-order valence-electron chi connectivity index (χ0n) is 82.2. The van der Waals surface area contributed by atoms with Crippen molar-refractivity contribution in [2.45, 2.75) is 352 Å². The monoisotopic (exact) mass is 1660 g/mol. The summed E-state index contributed by atoms with van der Waals surface area (Å²) in [6.07, 6.45) is 4.09. The Labute approximate surface area is 742 Å². The summed E-state index contributed by atoms with van der Waals surface area (Å²) in [7, 11) is 0. The molecule has 0 unspecified atom stereocenters. The van der Waals surface area contributed by atoms with Gasteiger partial charge in [0.25, 0.3) is 0 Å². The molecule has 6 N–H and O–H groups in total. The molecule has 10 aromatic rings. The van der Waals surface area contributed by atoms with Crippen molar-refractivity contribution in [3.8, 4) is 34.5 Å². The van der Waals surface area contributed by atoms with Gasteiger partial charge in [0.1, 0.15) is 34.5 Å². The van der Waals surface area contributed by atoms with E-state index in [1.54, 1.807) is 0 Å². The van der Waals surface area contributed by atoms with Crippen molar-refractivity contribution in [3.05, 3.63) is 291 Å². The summed E-state index contributed by atoms with van der Waals surface area (Å²) < 4.78 is 0. The van der Waals surface area contributed by atoms with E-state index >= 15 is 0 Å². The molecule has 14 rings (SSSR count). The molecule has 8 heteroatoms. The van der Waals surface area contributed by atoms with Crippen molar-refractivity contribution in [1.29, 1.82) is 0 Å². The fraction of sp³-hybridized carbons (Fsp3) is 0.478. The lowest BCUT2D eigenvalue weighted by atomic mass is 9.66. The fourth-order valence-corrected chi connectivity index (χ4v) is 19.1. The van der Waals surface area contributed by atoms with Crippen LogP contribution in [-0.2, 0) is 104 Å². The first-order valence-corrected chi connectivity index (χ1v) is 45.3. The highest BCUT2D eigenvalue weighted by Crippen LogP contribution is 2.53. The molecule has 658 valence electrons. The van der Waals surface area contributed by atoms with Gasteiger partial charge >= 0.3 is 0 Å². The number of hydrogen-bond donors (Lipinski definition) is 6. The number of phenolic OH excluding ortho intramolecular Hbond substituents is 6. The lowest BCUT2D eigenvalue weighted by Gasteiger charge is -2.39. The molecule has 4 heterocycles. The van der Waals surface area contributed by atoms with Crippen molar-refractivity contribution in [3.63, 3.8) is 0 Å². The highest BCUT2D eigenvalue weighted by atomic mass is 16.3. The van der Waals surface area contributed by atoms with Crippen LogP contribution in [-0.4, -0.2) is 37.3 Å². The molecule has 0 spiro atoms. The standard InChI is InChI=1S/C115H152N2O6/c1-69-79-41-47-97(83(69)54-78-63-90(110(20,21)22)101(121)91(64-78)111(23,24)25)117(82-44-38-70(39-45-82)48-73-55-84(104(2,3)4)98(118)85(56-73)105(5,6)7)68-116(81-42-36-71(37-43-81)49-74-57-92(112(26,27)28)102(122)94(65-74)114(32,33)67-115(34,35)95-66-76(52-79)60-93(103(95)123)113(29,30)31)96-46-40-72(50-75-58-86(106(8,9)10)99(119)87(59-75)107(11,12)13)51-80(96)53-77-61-88(108(14,15)16)100(120)89(62-77)109(17,18)19/h36-47,51,55-66,118-123H,48-50,52-54,67-68H2,1-35H3. The summed E-state index contributed by atoms with van der Waals surface area (Å²) in [4.78, 5) is 5.07. The van der Waals surface area contributed by atoms with Gasteiger partial charge in [0, 0.05) is 33.9 Å². The highest BCUT2D eigenvalue weighted by Gasteiger charge is 2.40. The average molecular weight is 1660 g/mol. The molecule has 0 amide bonds. The Hall–Kier alpha value is -9.40. The number of benzene rings is 10. The first-order valence-electron chi connectivity index (χ1n) is 45.3. The van der Waals surface area contributed by atoms with Gasteiger partial charge in [0.2, 0.25) is 0 Å². The molecule has 0 aliphatic carbocycles. The summed E-state index contributed by atoms with van der Waals surface area (Å²) in [6.45, 7) is 77.3. The molecule has 8 nitrogen and oxygen atoms in total. The quantitative estimate of drug-likeness (QED) is 0.0799. The smallest absolute Gasteiger partial charge is 0.123 e. The first-order chi connectivity index (χ1) is 56.1. The lowest BCUT2D eigenvalue weighted by Crippen LogP contribution is -2.34. The van der Waals surface area contributed by atoms with Gasteiger partial charge in [-0.05, 0) is 281 Å². The van der Waals surface area contributed by atoms with Gasteiger partial charge in [-0.25, -0.2) is 0 Å². The van der Waals surface area contributed by atoms with E-state index in [1.165, 1.54) is 0 Å². The normalized spacial score (nSPS) is 14.9. The van der Waals surface area contributed by atoms with E-state index in [-0.39, 0.29) is 21.7 Å². The van der Waals surface area contributed by atoms with Crippen LogP contribution in [0.2, 0.25) is 0 Å². The van der Waals surface area contributed by atoms with Crippen LogP contribution in [0.3, 0.4) is 0 Å². The Balaban J connectivity index is 1.28. The predicted molar refractivity (Wildman–Crippen MR) is 523 cm³/mol. The summed E-state index contributed by atoms with van der Waals surface area (Å²) in [5.74, 6) is 2.03. The lowest BCUT2D eigenvalue weighted by molar-refractivity contribution is 0.323. The number of rotatable bonds is 10. The third-order valence-electron chi connectivity index (χ3n) is 26.0. The third-order valence-corrected chi connectivity index (χ3v) is 26.0. The van der Waals surface area contributed by atoms with Crippen LogP contribution in [0.5, 0.6) is 34.5 Å². The van der Waals surface area contributed by atoms with Crippen LogP contribution in [0.4, 0.5) is 22.7 Å². The van der Waals surface area contributed by atoms with Crippen LogP contribution in [0.1, 0.15) is 381 Å². The van der Waals surface area contributed by atoms with Crippen molar-refractivity contribution in [2.24, 2.45) is 0 Å². The van der Waals surface area contributed by atoms with Gasteiger partial charge in [-0.15, -0.1) is 0 Å². The Kier molecular flexibility index (Phi) is 25.2. The molecule has 4 aliphatic heterocycles. The second-order valence-electron chi connectivity index (χ2n) is 48.4. The molecule has 10 aromatic carbocycles. The Morgan fingerprint density at radius 3 is 0.902 bits per heavy atom. The zero-order chi connectivity index (χ0) is 91.7. The second-order valence-corrected chi connectivity index (χ2v) is 48.4. The molecule has 0 saturated heterocycles. The second kappa shape index (κ2) is 32.9. The Morgan fingerprint density at radius 2 is 0.553 bits per heavy atom. The molecular weight excluding hydrogens is 1510 g/mol. The van der Waals surface area contributed by atoms with E-state index in [1.807, 2.05) is 0 Å². The third kappa shape index (κ3) is 20.6. The van der Waals surface area contributed by atoms with Gasteiger partial charge in [-0.2, -0.15) is 0 Å². The van der Waals surface area contributed by atoms with Crippen LogP contribution >= 0.6 is 0 Å². The van der Waals surface area contributed by atoms with Crippen molar-refractivity contribution < 1.29 is 30.6 Å². The van der Waals surface area contributed by atoms with E-state index < -0.39 is 43.3 Å². The van der Waals surface area contributed by atoms with Crippen molar-refractivity contribution in [1.82, 2.24) is 0 Å². The fourth-order valence-electron chi connectivity index (χ4n) is 19.1. The van der Waals surface area contributed by atoms with Gasteiger partial charge in [-0.1, -0.05) is 351 Å². The number of phenols is 6. The largest absolute Gasteiger partial charge is 0.507 e. The molecule has 0 saturated carbocycles. The average Bonchev–Trinajstić information content (AvgIpc) is 0.750. The van der Waals surface area contributed by atoms with Crippen LogP contribution in [0.15, 0.2) is 152 Å². The van der Waals surface area contributed by atoms with Gasteiger partial charge in [0.15, 0.2) is 0 Å². The van der Waals surface area contributed by atoms with Gasteiger partial charge in [-0.3, -0.25) is 0 Å². The van der Waals surface area contributed by atoms with Crippen molar-refractivity contribution in [2.75, 3.05) is 16.5 Å². The molecule has 8 bridgehead atoms. The Bertz CT molecular complexity index is 5470. The van der Waals surface area contributed by atoms with Crippen molar-refractivity contribution >= 4 is 22.7 Å². The molecule has 0 aromatic heterocycles. The highest BCUT2D eigenvalue weighted by molar-refractivity contribution is 5.76. The van der Waals surface area contributed by atoms with E-state index in [2.05, 4.69) is 404 Å². The molecule has 0 radical (unpaired) electrons. The van der Waals surface area contributed by atoms with Gasteiger partial charge in [0.05, 0.1) is 6.67 Å². The van der Waals surface area contributed by atoms with Crippen LogP contribution in [0, 0.1) is 6.92 Å². The number of nitrogens with zero attached hydrogens (tertiary/aromatic N) is 2. The summed E-state index contributed by atoms with van der Waals surface area (Å²) in [6, 6.07) is 57.1. The van der Waals surface area contributed by atoms with E-state index in [4.69, 9.17) is 0 Å². The number of hydrogen-bond acceptors (Lipinski definition) is 8. The molecule has 0 fully saturated rings. The maximum absolute atomic E-state index is 13.0. The molecule has 0 atom stereocenters. The van der Waals surface area contributed by atoms with Gasteiger partial charge < -0.3 is 40.4 Å².